The van der Waals surface area contributed by atoms with Gasteiger partial charge in [0.2, 0.25) is 5.91 Å². The van der Waals surface area contributed by atoms with Crippen LogP contribution in [0.2, 0.25) is 0 Å². The van der Waals surface area contributed by atoms with Gasteiger partial charge in [0.15, 0.2) is 0 Å². The molecule has 1 amide bonds. The lowest BCUT2D eigenvalue weighted by Gasteiger charge is -2.26. The minimum Gasteiger partial charge on any atom is -0.391 e. The van der Waals surface area contributed by atoms with Crippen molar-refractivity contribution in [2.45, 2.75) is 225 Å². The summed E-state index contributed by atoms with van der Waals surface area (Å²) in [7, 11) is 1.62. The second-order valence-corrected chi connectivity index (χ2v) is 17.9. The summed E-state index contributed by atoms with van der Waals surface area (Å²) >= 11 is 0. The second kappa shape index (κ2) is 35.2. The molecule has 0 aliphatic heterocycles. The highest BCUT2D eigenvalue weighted by Crippen LogP contribution is 2.43. The normalized spacial score (nSPS) is 14.4. The monoisotopic (exact) mass is 748 g/mol. The summed E-state index contributed by atoms with van der Waals surface area (Å²) in [5.41, 5.74) is 0. The van der Waals surface area contributed by atoms with E-state index in [1.165, 1.54) is 148 Å². The minimum atomic E-state index is -4.30. The van der Waals surface area contributed by atoms with Gasteiger partial charge >= 0.3 is 7.82 Å². The fourth-order valence-corrected chi connectivity index (χ4v) is 7.31. The fourth-order valence-electron chi connectivity index (χ4n) is 6.58. The van der Waals surface area contributed by atoms with Gasteiger partial charge in [0.05, 0.1) is 39.9 Å². The molecule has 0 aromatic carbocycles. The van der Waals surface area contributed by atoms with Crippen LogP contribution in [0.5, 0.6) is 0 Å². The number of phosphoric acid groups is 1. The maximum Gasteiger partial charge on any atom is 0.472 e. The Hall–Kier alpha value is -0.500. The number of nitrogens with zero attached hydrogens (tertiary/aromatic N) is 1. The topological polar surface area (TPSA) is 105 Å². The van der Waals surface area contributed by atoms with E-state index in [9.17, 15) is 19.4 Å². The molecule has 0 aromatic rings. The first kappa shape index (κ1) is 50.5. The zero-order valence-electron chi connectivity index (χ0n) is 34.6. The van der Waals surface area contributed by atoms with Crippen LogP contribution in [0.4, 0.5) is 0 Å². The molecule has 0 aliphatic carbocycles. The van der Waals surface area contributed by atoms with Gasteiger partial charge in [0.1, 0.15) is 13.2 Å². The van der Waals surface area contributed by atoms with E-state index in [0.29, 0.717) is 23.9 Å². The summed E-state index contributed by atoms with van der Waals surface area (Å²) in [5.74, 6) is -0.143. The number of likely N-dealkylation sites (N-methyl/N-ethyl adjacent to an activating group) is 1. The van der Waals surface area contributed by atoms with Crippen LogP contribution in [-0.2, 0) is 18.4 Å². The van der Waals surface area contributed by atoms with Crippen molar-refractivity contribution in [2.75, 3.05) is 40.9 Å². The van der Waals surface area contributed by atoms with E-state index in [2.05, 4.69) is 19.2 Å². The van der Waals surface area contributed by atoms with Crippen LogP contribution in [0.15, 0.2) is 0 Å². The molecule has 51 heavy (non-hydrogen) atoms. The third-order valence-electron chi connectivity index (χ3n) is 10.1. The van der Waals surface area contributed by atoms with E-state index in [1.54, 1.807) is 0 Å². The predicted octanol–water partition coefficient (Wildman–Crippen LogP) is 11.8. The zero-order valence-corrected chi connectivity index (χ0v) is 35.5. The maximum absolute atomic E-state index is 12.8. The summed E-state index contributed by atoms with van der Waals surface area (Å²) in [6.45, 7) is 4.87. The molecule has 3 unspecified atom stereocenters. The van der Waals surface area contributed by atoms with E-state index in [1.807, 2.05) is 21.1 Å². The molecule has 9 heteroatoms. The van der Waals surface area contributed by atoms with E-state index in [4.69, 9.17) is 9.05 Å². The highest BCUT2D eigenvalue weighted by molar-refractivity contribution is 7.47. The van der Waals surface area contributed by atoms with Crippen LogP contribution in [0.1, 0.15) is 213 Å². The fraction of sp³-hybridized carbons (Fsp3) is 0.976. The van der Waals surface area contributed by atoms with E-state index >= 15 is 0 Å². The number of aliphatic hydroxyl groups excluding tert-OH is 1. The van der Waals surface area contributed by atoms with Gasteiger partial charge < -0.3 is 19.8 Å². The van der Waals surface area contributed by atoms with Crippen LogP contribution < -0.4 is 5.32 Å². The van der Waals surface area contributed by atoms with Crippen molar-refractivity contribution in [3.05, 3.63) is 0 Å². The lowest BCUT2D eigenvalue weighted by atomic mass is 10.0. The number of carbonyl (C=O) groups excluding carboxylic acids is 1. The largest absolute Gasteiger partial charge is 0.472 e. The number of aliphatic hydroxyl groups is 1. The number of rotatable bonds is 40. The van der Waals surface area contributed by atoms with E-state index in [-0.39, 0.29) is 19.1 Å². The Morgan fingerprint density at radius 2 is 0.941 bits per heavy atom. The van der Waals surface area contributed by atoms with Gasteiger partial charge in [-0.15, -0.1) is 0 Å². The average molecular weight is 748 g/mol. The number of hydrogen-bond donors (Lipinski definition) is 3. The molecule has 0 aliphatic rings. The van der Waals surface area contributed by atoms with Gasteiger partial charge in [-0.1, -0.05) is 194 Å². The Bertz CT molecular complexity index is 809. The molecule has 0 fully saturated rings. The number of phosphoric ester groups is 1. The smallest absolute Gasteiger partial charge is 0.391 e. The Morgan fingerprint density at radius 3 is 1.31 bits per heavy atom. The summed E-state index contributed by atoms with van der Waals surface area (Å²) in [6.07, 6.45) is 37.1. The number of amides is 1. The predicted molar refractivity (Wildman–Crippen MR) is 217 cm³/mol. The Kier molecular flexibility index (Phi) is 34.9. The summed E-state index contributed by atoms with van der Waals surface area (Å²) in [4.78, 5) is 23.0. The number of quaternary nitrogens is 1. The number of unbranched alkanes of at least 4 members (excludes halogenated alkanes) is 27. The first-order valence-electron chi connectivity index (χ1n) is 21.9. The molecule has 306 valence electrons. The van der Waals surface area contributed by atoms with Gasteiger partial charge in [0, 0.05) is 6.42 Å². The quantitative estimate of drug-likeness (QED) is 0.0327. The summed E-state index contributed by atoms with van der Waals surface area (Å²) in [6, 6.07) is -0.751. The van der Waals surface area contributed by atoms with E-state index in [0.717, 1.165) is 38.5 Å². The SMILES string of the molecule is CCCCCCCCCCCCCCCCCCCCCCCC(=O)NC(COP(=O)(O)OCC[N+](C)(C)C)C(O)CCCCCCCCCC. The Balaban J connectivity index is 4.14. The minimum absolute atomic E-state index is 0.0780. The summed E-state index contributed by atoms with van der Waals surface area (Å²) < 4.78 is 23.5. The van der Waals surface area contributed by atoms with Gasteiger partial charge in [-0.25, -0.2) is 4.57 Å². The van der Waals surface area contributed by atoms with E-state index < -0.39 is 20.0 Å². The Labute approximate surface area is 317 Å². The lowest BCUT2D eigenvalue weighted by molar-refractivity contribution is -0.870. The lowest BCUT2D eigenvalue weighted by Crippen LogP contribution is -2.46. The van der Waals surface area contributed by atoms with Crippen molar-refractivity contribution in [3.63, 3.8) is 0 Å². The molecule has 0 rings (SSSR count). The molecule has 3 N–H and O–H groups in total. The van der Waals surface area contributed by atoms with Crippen LogP contribution >= 0.6 is 7.82 Å². The number of carbonyl (C=O) groups is 1. The van der Waals surface area contributed by atoms with Crippen molar-refractivity contribution in [2.24, 2.45) is 0 Å². The molecule has 0 aromatic heterocycles. The standard InChI is InChI=1S/C42H87N2O6P/c1-6-8-10-12-14-16-17-18-19-20-21-22-23-24-25-26-27-28-30-32-34-36-42(46)43-40(39-50-51(47,48)49-38-37-44(3,4)5)41(45)35-33-31-29-15-13-11-9-7-2/h40-41,45H,6-39H2,1-5H3,(H-,43,46,47,48)/p+1. The number of nitrogens with one attached hydrogen (secondary N) is 1. The Morgan fingerprint density at radius 1 is 0.588 bits per heavy atom. The maximum atomic E-state index is 12.8. The zero-order chi connectivity index (χ0) is 37.9. The van der Waals surface area contributed by atoms with Gasteiger partial charge in [-0.2, -0.15) is 0 Å². The highest BCUT2D eigenvalue weighted by atomic mass is 31.2. The van der Waals surface area contributed by atoms with Crippen LogP contribution in [0, 0.1) is 0 Å². The van der Waals surface area contributed by atoms with Crippen LogP contribution in [-0.4, -0.2) is 73.4 Å². The summed E-state index contributed by atoms with van der Waals surface area (Å²) in [5, 5.41) is 13.8. The molecule has 0 saturated carbocycles. The van der Waals surface area contributed by atoms with Crippen molar-refractivity contribution < 1.29 is 32.9 Å². The van der Waals surface area contributed by atoms with Gasteiger partial charge in [-0.05, 0) is 12.8 Å². The molecule has 0 saturated heterocycles. The van der Waals surface area contributed by atoms with Crippen molar-refractivity contribution in [1.82, 2.24) is 5.32 Å². The first-order chi connectivity index (χ1) is 24.5. The molecular weight excluding hydrogens is 659 g/mol. The molecule has 3 atom stereocenters. The molecule has 0 heterocycles. The molecule has 0 bridgehead atoms. The molecule has 0 spiro atoms. The number of hydrogen-bond acceptors (Lipinski definition) is 5. The average Bonchev–Trinajstić information content (AvgIpc) is 3.07. The molecule has 0 radical (unpaired) electrons. The third kappa shape index (κ3) is 37.6. The second-order valence-electron chi connectivity index (χ2n) is 16.4. The highest BCUT2D eigenvalue weighted by Gasteiger charge is 2.28. The first-order valence-corrected chi connectivity index (χ1v) is 23.4. The van der Waals surface area contributed by atoms with Crippen molar-refractivity contribution in [1.29, 1.82) is 0 Å². The van der Waals surface area contributed by atoms with Crippen LogP contribution in [0.3, 0.4) is 0 Å². The van der Waals surface area contributed by atoms with Crippen molar-refractivity contribution in [3.8, 4) is 0 Å². The van der Waals surface area contributed by atoms with Crippen LogP contribution in [0.25, 0.3) is 0 Å². The molecular formula is C42H88N2O6P+. The van der Waals surface area contributed by atoms with Crippen molar-refractivity contribution >= 4 is 13.7 Å². The third-order valence-corrected chi connectivity index (χ3v) is 11.1. The van der Waals surface area contributed by atoms with Gasteiger partial charge in [-0.3, -0.25) is 13.8 Å². The van der Waals surface area contributed by atoms with Gasteiger partial charge in [0.25, 0.3) is 0 Å². The molecule has 8 nitrogen and oxygen atoms in total.